The van der Waals surface area contributed by atoms with Crippen LogP contribution in [-0.2, 0) is 20.9 Å². The summed E-state index contributed by atoms with van der Waals surface area (Å²) in [7, 11) is 1.40. The quantitative estimate of drug-likeness (QED) is 0.637. The van der Waals surface area contributed by atoms with Gasteiger partial charge in [-0.25, -0.2) is 0 Å². The topological polar surface area (TPSA) is 59.0 Å². The number of piperidine rings is 1. The number of rotatable bonds is 6. The molecule has 2 aliphatic rings. The van der Waals surface area contributed by atoms with Gasteiger partial charge in [-0.05, 0) is 31.4 Å². The number of esters is 1. The third-order valence-corrected chi connectivity index (χ3v) is 5.34. The van der Waals surface area contributed by atoms with Crippen LogP contribution in [0.4, 0.5) is 0 Å². The van der Waals surface area contributed by atoms with Gasteiger partial charge in [-0.2, -0.15) is 0 Å². The highest BCUT2D eigenvalue weighted by atomic mass is 16.5. The molecule has 132 valence electrons. The van der Waals surface area contributed by atoms with Crippen LogP contribution < -0.4 is 0 Å². The molecule has 2 saturated heterocycles. The molecule has 0 saturated carbocycles. The Morgan fingerprint density at radius 3 is 2.83 bits per heavy atom. The molecule has 2 heterocycles. The molecule has 4 atom stereocenters. The Morgan fingerprint density at radius 2 is 2.08 bits per heavy atom. The minimum atomic E-state index is -0.666. The number of hydrogen-bond donors (Lipinski definition) is 1. The van der Waals surface area contributed by atoms with Gasteiger partial charge in [-0.1, -0.05) is 36.8 Å². The molecule has 1 aromatic rings. The standard InChI is InChI=1S/C19H27NO4/c1-23-19(22)17-15-9-5-6-11-20(15)16(18(17)21)10-12-24-13-14-7-3-2-4-8-14/h2-4,7-8,15-18,21H,5-6,9-13H2,1H3/t15-,16+,17+,18-/m1/s1. The van der Waals surface area contributed by atoms with E-state index in [1.807, 2.05) is 30.3 Å². The maximum absolute atomic E-state index is 12.1. The van der Waals surface area contributed by atoms with Gasteiger partial charge in [-0.15, -0.1) is 0 Å². The minimum absolute atomic E-state index is 0.0184. The van der Waals surface area contributed by atoms with Crippen molar-refractivity contribution >= 4 is 5.97 Å². The average Bonchev–Trinajstić information content (AvgIpc) is 2.91. The highest BCUT2D eigenvalue weighted by Gasteiger charge is 2.52. The number of aliphatic hydroxyl groups is 1. The molecule has 0 bridgehead atoms. The van der Waals surface area contributed by atoms with Crippen molar-refractivity contribution in [2.75, 3.05) is 20.3 Å². The van der Waals surface area contributed by atoms with Crippen LogP contribution in [0.1, 0.15) is 31.2 Å². The molecular weight excluding hydrogens is 306 g/mol. The van der Waals surface area contributed by atoms with E-state index in [2.05, 4.69) is 4.90 Å². The summed E-state index contributed by atoms with van der Waals surface area (Å²) >= 11 is 0. The van der Waals surface area contributed by atoms with Gasteiger partial charge in [0.1, 0.15) is 0 Å². The summed E-state index contributed by atoms with van der Waals surface area (Å²) in [5.41, 5.74) is 1.15. The van der Waals surface area contributed by atoms with E-state index in [4.69, 9.17) is 9.47 Å². The number of methoxy groups -OCH3 is 1. The van der Waals surface area contributed by atoms with Gasteiger partial charge in [-0.3, -0.25) is 9.69 Å². The van der Waals surface area contributed by atoms with E-state index in [1.54, 1.807) is 0 Å². The average molecular weight is 333 g/mol. The molecule has 1 aromatic carbocycles. The summed E-state index contributed by atoms with van der Waals surface area (Å²) < 4.78 is 10.7. The van der Waals surface area contributed by atoms with Crippen molar-refractivity contribution in [2.45, 2.75) is 50.5 Å². The van der Waals surface area contributed by atoms with Gasteiger partial charge in [0.25, 0.3) is 0 Å². The van der Waals surface area contributed by atoms with Crippen molar-refractivity contribution in [3.63, 3.8) is 0 Å². The fourth-order valence-corrected chi connectivity index (χ4v) is 4.18. The smallest absolute Gasteiger partial charge is 0.312 e. The van der Waals surface area contributed by atoms with Crippen LogP contribution in [0.3, 0.4) is 0 Å². The number of benzene rings is 1. The first-order chi connectivity index (χ1) is 11.7. The van der Waals surface area contributed by atoms with Crippen LogP contribution in [0.15, 0.2) is 30.3 Å². The van der Waals surface area contributed by atoms with E-state index in [9.17, 15) is 9.90 Å². The molecule has 0 aromatic heterocycles. The second-order valence-electron chi connectivity index (χ2n) is 6.73. The zero-order valence-electron chi connectivity index (χ0n) is 14.3. The van der Waals surface area contributed by atoms with Crippen LogP contribution in [0.5, 0.6) is 0 Å². The Labute approximate surface area is 143 Å². The zero-order chi connectivity index (χ0) is 16.9. The summed E-state index contributed by atoms with van der Waals surface area (Å²) in [6, 6.07) is 10.2. The summed E-state index contributed by atoms with van der Waals surface area (Å²) in [5, 5.41) is 10.7. The molecule has 1 N–H and O–H groups in total. The number of nitrogens with zero attached hydrogens (tertiary/aromatic N) is 1. The Bertz CT molecular complexity index is 535. The Hall–Kier alpha value is -1.43. The summed E-state index contributed by atoms with van der Waals surface area (Å²) in [4.78, 5) is 14.4. The van der Waals surface area contributed by atoms with Crippen molar-refractivity contribution in [2.24, 2.45) is 5.92 Å². The number of aliphatic hydroxyl groups excluding tert-OH is 1. The lowest BCUT2D eigenvalue weighted by Crippen LogP contribution is -2.43. The maximum atomic E-state index is 12.1. The van der Waals surface area contributed by atoms with Crippen LogP contribution in [0.2, 0.25) is 0 Å². The molecular formula is C19H27NO4. The van der Waals surface area contributed by atoms with Crippen molar-refractivity contribution in [1.82, 2.24) is 4.90 Å². The Morgan fingerprint density at radius 1 is 1.29 bits per heavy atom. The molecule has 2 aliphatic heterocycles. The second kappa shape index (κ2) is 8.10. The molecule has 0 spiro atoms. The highest BCUT2D eigenvalue weighted by Crippen LogP contribution is 2.38. The first-order valence-electron chi connectivity index (χ1n) is 8.85. The molecule has 5 heteroatoms. The fraction of sp³-hybridized carbons (Fsp3) is 0.632. The monoisotopic (exact) mass is 333 g/mol. The lowest BCUT2D eigenvalue weighted by molar-refractivity contribution is -0.149. The van der Waals surface area contributed by atoms with E-state index in [-0.39, 0.29) is 18.1 Å². The van der Waals surface area contributed by atoms with E-state index < -0.39 is 12.0 Å². The Kier molecular flexibility index (Phi) is 5.87. The maximum Gasteiger partial charge on any atom is 0.312 e. The summed E-state index contributed by atoms with van der Waals surface area (Å²) in [6.07, 6.45) is 3.26. The summed E-state index contributed by atoms with van der Waals surface area (Å²) in [6.45, 7) is 2.10. The van der Waals surface area contributed by atoms with Gasteiger partial charge in [0.05, 0.1) is 25.7 Å². The molecule has 5 nitrogen and oxygen atoms in total. The van der Waals surface area contributed by atoms with Crippen LogP contribution in [0, 0.1) is 5.92 Å². The van der Waals surface area contributed by atoms with E-state index >= 15 is 0 Å². The van der Waals surface area contributed by atoms with Gasteiger partial charge in [0.2, 0.25) is 0 Å². The van der Waals surface area contributed by atoms with Crippen LogP contribution in [0.25, 0.3) is 0 Å². The molecule has 2 fully saturated rings. The Balaban J connectivity index is 1.56. The normalized spacial score (nSPS) is 30.1. The van der Waals surface area contributed by atoms with Crippen molar-refractivity contribution in [1.29, 1.82) is 0 Å². The molecule has 24 heavy (non-hydrogen) atoms. The third kappa shape index (κ3) is 3.63. The van der Waals surface area contributed by atoms with Gasteiger partial charge < -0.3 is 14.6 Å². The molecule has 0 aliphatic carbocycles. The van der Waals surface area contributed by atoms with Gasteiger partial charge in [0, 0.05) is 18.7 Å². The number of carbonyl (C=O) groups is 1. The molecule has 0 radical (unpaired) electrons. The number of ether oxygens (including phenoxy) is 2. The van der Waals surface area contributed by atoms with Crippen LogP contribution >= 0.6 is 0 Å². The van der Waals surface area contributed by atoms with Crippen LogP contribution in [-0.4, -0.2) is 54.4 Å². The minimum Gasteiger partial charge on any atom is -0.469 e. The second-order valence-corrected chi connectivity index (χ2v) is 6.73. The molecule has 0 unspecified atom stereocenters. The van der Waals surface area contributed by atoms with Crippen molar-refractivity contribution in [3.05, 3.63) is 35.9 Å². The van der Waals surface area contributed by atoms with E-state index in [0.717, 1.165) is 37.8 Å². The van der Waals surface area contributed by atoms with Crippen molar-refractivity contribution < 1.29 is 19.4 Å². The number of fused-ring (bicyclic) bond motifs is 1. The largest absolute Gasteiger partial charge is 0.469 e. The first-order valence-corrected chi connectivity index (χ1v) is 8.85. The van der Waals surface area contributed by atoms with Gasteiger partial charge >= 0.3 is 5.97 Å². The van der Waals surface area contributed by atoms with Gasteiger partial charge in [0.15, 0.2) is 0 Å². The molecule has 3 rings (SSSR count). The summed E-state index contributed by atoms with van der Waals surface area (Å²) in [5.74, 6) is -0.707. The number of hydrogen-bond acceptors (Lipinski definition) is 5. The van der Waals surface area contributed by atoms with E-state index in [1.165, 1.54) is 7.11 Å². The van der Waals surface area contributed by atoms with E-state index in [0.29, 0.717) is 13.2 Å². The number of carbonyl (C=O) groups excluding carboxylic acids is 1. The third-order valence-electron chi connectivity index (χ3n) is 5.34. The zero-order valence-corrected chi connectivity index (χ0v) is 14.3. The SMILES string of the molecule is COC(=O)[C@@H]1[C@H](O)[C@H](CCOCc2ccccc2)N2CCCC[C@H]12. The predicted octanol–water partition coefficient (Wildman–Crippen LogP) is 1.98. The molecule has 0 amide bonds. The predicted molar refractivity (Wildman–Crippen MR) is 90.4 cm³/mol. The highest BCUT2D eigenvalue weighted by molar-refractivity contribution is 5.74. The fourth-order valence-electron chi connectivity index (χ4n) is 4.18. The lowest BCUT2D eigenvalue weighted by Gasteiger charge is -2.34. The lowest BCUT2D eigenvalue weighted by atomic mass is 9.91. The van der Waals surface area contributed by atoms with Crippen molar-refractivity contribution in [3.8, 4) is 0 Å². The first kappa shape index (κ1) is 17.4.